The van der Waals surface area contributed by atoms with E-state index in [0.717, 1.165) is 6.42 Å². The second kappa shape index (κ2) is 7.47. The molecule has 1 aliphatic heterocycles. The summed E-state index contributed by atoms with van der Waals surface area (Å²) in [5, 5.41) is 9.70. The van der Waals surface area contributed by atoms with Gasteiger partial charge in [-0.3, -0.25) is 9.59 Å². The molecule has 0 radical (unpaired) electrons. The summed E-state index contributed by atoms with van der Waals surface area (Å²) < 4.78 is 0. The summed E-state index contributed by atoms with van der Waals surface area (Å²) in [6.45, 7) is 5.84. The Labute approximate surface area is 161 Å². The molecule has 0 aliphatic carbocycles. The number of thiazole rings is 1. The first kappa shape index (κ1) is 19.0. The maximum Gasteiger partial charge on any atom is 0.265 e. The van der Waals surface area contributed by atoms with Crippen molar-refractivity contribution in [3.63, 3.8) is 0 Å². The van der Waals surface area contributed by atoms with E-state index in [1.165, 1.54) is 22.6 Å². The number of aryl methyl sites for hydroxylation is 1. The third-order valence-corrected chi connectivity index (χ3v) is 5.57. The maximum absolute atomic E-state index is 12.5. The van der Waals surface area contributed by atoms with Crippen molar-refractivity contribution in [1.29, 1.82) is 0 Å². The first-order chi connectivity index (χ1) is 12.8. The summed E-state index contributed by atoms with van der Waals surface area (Å²) in [6.07, 6.45) is 2.29. The van der Waals surface area contributed by atoms with Crippen LogP contribution in [0.2, 0.25) is 0 Å². The van der Waals surface area contributed by atoms with E-state index in [4.69, 9.17) is 0 Å². The molecule has 3 N–H and O–H groups in total. The van der Waals surface area contributed by atoms with Crippen LogP contribution in [0.5, 0.6) is 0 Å². The molecule has 3 rings (SSSR count). The number of anilines is 4. The number of fused-ring (bicyclic) bond motifs is 1. The Kier molecular flexibility index (Phi) is 5.26. The molecule has 2 amide bonds. The molecular formula is C17H23N7O2S. The van der Waals surface area contributed by atoms with Gasteiger partial charge in [0.2, 0.25) is 5.91 Å². The number of rotatable bonds is 5. The molecule has 10 heteroatoms. The van der Waals surface area contributed by atoms with Gasteiger partial charge in [0.05, 0.1) is 5.69 Å². The van der Waals surface area contributed by atoms with Crippen LogP contribution in [-0.4, -0.2) is 51.8 Å². The fourth-order valence-electron chi connectivity index (χ4n) is 2.71. The fraction of sp³-hybridized carbons (Fsp3) is 0.471. The Morgan fingerprint density at radius 3 is 2.81 bits per heavy atom. The Morgan fingerprint density at radius 1 is 1.41 bits per heavy atom. The largest absolute Gasteiger partial charge is 0.356 e. The molecule has 1 aliphatic rings. The van der Waals surface area contributed by atoms with E-state index >= 15 is 0 Å². The van der Waals surface area contributed by atoms with Gasteiger partial charge in [-0.1, -0.05) is 31.6 Å². The number of nitrogens with zero attached hydrogens (tertiary/aromatic N) is 4. The lowest BCUT2D eigenvalue weighted by molar-refractivity contribution is -0.118. The van der Waals surface area contributed by atoms with Gasteiger partial charge in [-0.2, -0.15) is 0 Å². The number of aromatic nitrogens is 3. The smallest absolute Gasteiger partial charge is 0.265 e. The summed E-state index contributed by atoms with van der Waals surface area (Å²) in [7, 11) is 3.40. The number of carbonyl (C=O) groups is 2. The summed E-state index contributed by atoms with van der Waals surface area (Å²) >= 11 is 1.24. The second-order valence-corrected chi connectivity index (χ2v) is 7.70. The standard InChI is InChI=1S/C17H23N7O2S/c1-6-8(2)10-15(25)22-11-13(21-10)18-7-19-14(11)23-17-20-9(3)12(27-17)16(26)24(4)5/h7-8,10H,6H2,1-5H3,(H,22,25)(H2,18,19,20,21,23). The lowest BCUT2D eigenvalue weighted by Gasteiger charge is -2.30. The van der Waals surface area contributed by atoms with E-state index in [1.54, 1.807) is 21.0 Å². The van der Waals surface area contributed by atoms with Crippen LogP contribution in [0.3, 0.4) is 0 Å². The quantitative estimate of drug-likeness (QED) is 0.720. The Bertz CT molecular complexity index is 880. The highest BCUT2D eigenvalue weighted by Gasteiger charge is 2.32. The van der Waals surface area contributed by atoms with Gasteiger partial charge in [-0.15, -0.1) is 0 Å². The molecule has 9 nitrogen and oxygen atoms in total. The molecule has 0 aromatic carbocycles. The van der Waals surface area contributed by atoms with Crippen molar-refractivity contribution < 1.29 is 9.59 Å². The van der Waals surface area contributed by atoms with Crippen LogP contribution >= 0.6 is 11.3 Å². The maximum atomic E-state index is 12.5. The van der Waals surface area contributed by atoms with Crippen molar-refractivity contribution in [2.24, 2.45) is 5.92 Å². The van der Waals surface area contributed by atoms with Gasteiger partial charge in [-0.05, 0) is 12.8 Å². The Hall–Kier alpha value is -2.75. The SMILES string of the molecule is CCC(C)C1Nc2ncnc(Nc3nc(C)c(C(=O)N(C)C)s3)c2NC1=O. The number of hydrogen-bond acceptors (Lipinski definition) is 8. The Morgan fingerprint density at radius 2 is 2.15 bits per heavy atom. The van der Waals surface area contributed by atoms with Gasteiger partial charge in [0.25, 0.3) is 5.91 Å². The minimum absolute atomic E-state index is 0.103. The van der Waals surface area contributed by atoms with E-state index in [2.05, 4.69) is 30.9 Å². The molecule has 2 aromatic rings. The van der Waals surface area contributed by atoms with E-state index in [0.29, 0.717) is 33.0 Å². The number of nitrogens with one attached hydrogen (secondary N) is 3. The van der Waals surface area contributed by atoms with Gasteiger partial charge in [-0.25, -0.2) is 15.0 Å². The lowest BCUT2D eigenvalue weighted by Crippen LogP contribution is -2.43. The predicted octanol–water partition coefficient (Wildman–Crippen LogP) is 2.47. The molecule has 144 valence electrons. The number of hydrogen-bond donors (Lipinski definition) is 3. The minimum atomic E-state index is -0.336. The molecule has 27 heavy (non-hydrogen) atoms. The van der Waals surface area contributed by atoms with Crippen molar-refractivity contribution in [3.8, 4) is 0 Å². The van der Waals surface area contributed by atoms with Crippen molar-refractivity contribution in [2.75, 3.05) is 30.0 Å². The van der Waals surface area contributed by atoms with E-state index in [9.17, 15) is 9.59 Å². The van der Waals surface area contributed by atoms with Gasteiger partial charge < -0.3 is 20.9 Å². The van der Waals surface area contributed by atoms with Crippen LogP contribution in [0, 0.1) is 12.8 Å². The predicted molar refractivity (Wildman–Crippen MR) is 106 cm³/mol. The molecule has 0 fully saturated rings. The van der Waals surface area contributed by atoms with Gasteiger partial charge in [0.15, 0.2) is 16.8 Å². The van der Waals surface area contributed by atoms with Crippen LogP contribution in [0.1, 0.15) is 35.6 Å². The molecule has 0 saturated heterocycles. The first-order valence-corrected chi connectivity index (χ1v) is 9.52. The van der Waals surface area contributed by atoms with Crippen molar-refractivity contribution >= 4 is 45.6 Å². The van der Waals surface area contributed by atoms with Crippen LogP contribution < -0.4 is 16.0 Å². The number of carbonyl (C=O) groups excluding carboxylic acids is 2. The van der Waals surface area contributed by atoms with Gasteiger partial charge in [0.1, 0.15) is 22.9 Å². The summed E-state index contributed by atoms with van der Waals surface area (Å²) in [6, 6.07) is -0.336. The average molecular weight is 389 g/mol. The van der Waals surface area contributed by atoms with Crippen LogP contribution in [0.4, 0.5) is 22.5 Å². The van der Waals surface area contributed by atoms with Gasteiger partial charge in [0, 0.05) is 14.1 Å². The topological polar surface area (TPSA) is 112 Å². The van der Waals surface area contributed by atoms with Crippen LogP contribution in [-0.2, 0) is 4.79 Å². The van der Waals surface area contributed by atoms with Crippen LogP contribution in [0.15, 0.2) is 6.33 Å². The molecule has 2 aromatic heterocycles. The zero-order valence-corrected chi connectivity index (χ0v) is 16.8. The minimum Gasteiger partial charge on any atom is -0.356 e. The van der Waals surface area contributed by atoms with Crippen molar-refractivity contribution in [3.05, 3.63) is 16.9 Å². The van der Waals surface area contributed by atoms with E-state index < -0.39 is 0 Å². The molecule has 0 bridgehead atoms. The Balaban J connectivity index is 1.88. The highest BCUT2D eigenvalue weighted by molar-refractivity contribution is 7.17. The van der Waals surface area contributed by atoms with Crippen LogP contribution in [0.25, 0.3) is 0 Å². The average Bonchev–Trinajstić information content (AvgIpc) is 3.00. The zero-order chi connectivity index (χ0) is 19.7. The number of amides is 2. The summed E-state index contributed by atoms with van der Waals surface area (Å²) in [5.41, 5.74) is 1.12. The lowest BCUT2D eigenvalue weighted by atomic mass is 9.97. The monoisotopic (exact) mass is 389 g/mol. The third kappa shape index (κ3) is 3.70. The highest BCUT2D eigenvalue weighted by atomic mass is 32.1. The van der Waals surface area contributed by atoms with Gasteiger partial charge >= 0.3 is 0 Å². The fourth-order valence-corrected chi connectivity index (χ4v) is 3.70. The second-order valence-electron chi connectivity index (χ2n) is 6.70. The molecule has 3 heterocycles. The van der Waals surface area contributed by atoms with E-state index in [-0.39, 0.29) is 23.8 Å². The molecular weight excluding hydrogens is 366 g/mol. The molecule has 2 atom stereocenters. The zero-order valence-electron chi connectivity index (χ0n) is 16.0. The summed E-state index contributed by atoms with van der Waals surface area (Å²) in [5.74, 6) is 0.949. The van der Waals surface area contributed by atoms with Crippen molar-refractivity contribution in [2.45, 2.75) is 33.2 Å². The highest BCUT2D eigenvalue weighted by Crippen LogP contribution is 2.35. The molecule has 2 unspecified atom stereocenters. The molecule has 0 saturated carbocycles. The molecule has 0 spiro atoms. The normalized spacial score (nSPS) is 16.8. The van der Waals surface area contributed by atoms with Crippen molar-refractivity contribution in [1.82, 2.24) is 19.9 Å². The summed E-state index contributed by atoms with van der Waals surface area (Å²) in [4.78, 5) is 39.6. The van der Waals surface area contributed by atoms with E-state index in [1.807, 2.05) is 13.8 Å². The third-order valence-electron chi connectivity index (χ3n) is 4.51. The first-order valence-electron chi connectivity index (χ1n) is 8.70.